The summed E-state index contributed by atoms with van der Waals surface area (Å²) in [6, 6.07) is 11.6. The molecule has 1 N–H and O–H groups in total. The van der Waals surface area contributed by atoms with Gasteiger partial charge in [0.2, 0.25) is 0 Å². The fraction of sp³-hybridized carbons (Fsp3) is 0.188. The molecule has 0 saturated heterocycles. The third-order valence-electron chi connectivity index (χ3n) is 3.84. The standard InChI is InChI=1S/C16H14ClN3O3/c1-10-18-16(13-4-2-3-5-15(13)17)14-8-12(20(22)23)7-6-11(14)9-19(10)21/h2-8,10,19H,9H2,1H3. The van der Waals surface area contributed by atoms with Crippen LogP contribution < -0.4 is 5.06 Å². The molecule has 23 heavy (non-hydrogen) atoms. The fourth-order valence-electron chi connectivity index (χ4n) is 2.59. The first-order valence-corrected chi connectivity index (χ1v) is 7.48. The van der Waals surface area contributed by atoms with Crippen molar-refractivity contribution in [3.8, 4) is 0 Å². The number of nitro benzene ring substituents is 1. The Morgan fingerprint density at radius 2 is 2.00 bits per heavy atom. The van der Waals surface area contributed by atoms with Crippen molar-refractivity contribution in [1.29, 1.82) is 0 Å². The quantitative estimate of drug-likeness (QED) is 0.521. The number of hydroxylamine groups is 2. The number of aliphatic imine (C=N–C) groups is 1. The molecule has 1 aliphatic heterocycles. The van der Waals surface area contributed by atoms with Crippen molar-refractivity contribution in [3.63, 3.8) is 0 Å². The summed E-state index contributed by atoms with van der Waals surface area (Å²) in [6.07, 6.45) is -0.521. The molecule has 3 rings (SSSR count). The highest BCUT2D eigenvalue weighted by Crippen LogP contribution is 2.26. The Morgan fingerprint density at radius 1 is 1.26 bits per heavy atom. The highest BCUT2D eigenvalue weighted by molar-refractivity contribution is 6.35. The Hall–Kier alpha value is -2.28. The van der Waals surface area contributed by atoms with Gasteiger partial charge in [-0.2, -0.15) is 0 Å². The number of nitrogens with one attached hydrogen (secondary N) is 1. The van der Waals surface area contributed by atoms with Crippen LogP contribution in [0.4, 0.5) is 5.69 Å². The van der Waals surface area contributed by atoms with Gasteiger partial charge >= 0.3 is 0 Å². The van der Waals surface area contributed by atoms with Gasteiger partial charge < -0.3 is 10.3 Å². The van der Waals surface area contributed by atoms with Crippen molar-refractivity contribution in [2.24, 2.45) is 4.99 Å². The van der Waals surface area contributed by atoms with Crippen LogP contribution in [-0.4, -0.2) is 16.8 Å². The predicted octanol–water partition coefficient (Wildman–Crippen LogP) is 2.33. The lowest BCUT2D eigenvalue weighted by molar-refractivity contribution is -0.886. The molecular weight excluding hydrogens is 318 g/mol. The van der Waals surface area contributed by atoms with Gasteiger partial charge in [-0.1, -0.05) is 29.8 Å². The summed E-state index contributed by atoms with van der Waals surface area (Å²) < 4.78 is 0. The Morgan fingerprint density at radius 3 is 2.70 bits per heavy atom. The minimum atomic E-state index is -0.521. The van der Waals surface area contributed by atoms with Gasteiger partial charge in [-0.25, -0.2) is 4.99 Å². The van der Waals surface area contributed by atoms with Gasteiger partial charge in [0, 0.05) is 40.8 Å². The zero-order valence-electron chi connectivity index (χ0n) is 12.3. The van der Waals surface area contributed by atoms with E-state index < -0.39 is 11.1 Å². The number of benzene rings is 2. The number of hydrogen-bond acceptors (Lipinski definition) is 4. The molecule has 0 aromatic heterocycles. The minimum Gasteiger partial charge on any atom is -0.632 e. The maximum absolute atomic E-state index is 12.2. The molecule has 0 bridgehead atoms. The molecule has 1 heterocycles. The van der Waals surface area contributed by atoms with Crippen LogP contribution in [0.3, 0.4) is 0 Å². The molecule has 0 fully saturated rings. The lowest BCUT2D eigenvalue weighted by Crippen LogP contribution is -3.09. The van der Waals surface area contributed by atoms with Gasteiger partial charge in [0.15, 0.2) is 6.17 Å². The Labute approximate surface area is 137 Å². The molecule has 7 heteroatoms. The largest absolute Gasteiger partial charge is 0.632 e. The number of nitrogens with zero attached hydrogens (tertiary/aromatic N) is 2. The molecule has 0 saturated carbocycles. The van der Waals surface area contributed by atoms with Crippen molar-refractivity contribution < 1.29 is 9.99 Å². The fourth-order valence-corrected chi connectivity index (χ4v) is 2.82. The molecular formula is C16H14ClN3O3. The van der Waals surface area contributed by atoms with E-state index in [1.807, 2.05) is 6.07 Å². The predicted molar refractivity (Wildman–Crippen MR) is 87.7 cm³/mol. The summed E-state index contributed by atoms with van der Waals surface area (Å²) in [6.45, 7) is 1.92. The van der Waals surface area contributed by atoms with Crippen molar-refractivity contribution in [2.45, 2.75) is 19.6 Å². The van der Waals surface area contributed by atoms with Gasteiger partial charge in [-0.3, -0.25) is 10.1 Å². The van der Waals surface area contributed by atoms with Gasteiger partial charge in [0.05, 0.1) is 10.6 Å². The maximum atomic E-state index is 12.2. The summed E-state index contributed by atoms with van der Waals surface area (Å²) in [7, 11) is 0. The average molecular weight is 332 g/mol. The number of nitro groups is 1. The van der Waals surface area contributed by atoms with E-state index in [9.17, 15) is 15.3 Å². The topological polar surface area (TPSA) is 83.0 Å². The van der Waals surface area contributed by atoms with Crippen LogP contribution in [0.1, 0.15) is 23.6 Å². The van der Waals surface area contributed by atoms with Gasteiger partial charge in [-0.15, -0.1) is 0 Å². The second-order valence-electron chi connectivity index (χ2n) is 5.38. The van der Waals surface area contributed by atoms with E-state index in [2.05, 4.69) is 4.99 Å². The zero-order chi connectivity index (χ0) is 16.6. The second kappa shape index (κ2) is 6.08. The van der Waals surface area contributed by atoms with Crippen LogP contribution in [0.2, 0.25) is 5.02 Å². The van der Waals surface area contributed by atoms with Crippen molar-refractivity contribution in [3.05, 3.63) is 79.5 Å². The minimum absolute atomic E-state index is 0.0258. The molecule has 2 aromatic rings. The number of rotatable bonds is 2. The maximum Gasteiger partial charge on any atom is 0.270 e. The highest BCUT2D eigenvalue weighted by Gasteiger charge is 2.25. The first kappa shape index (κ1) is 15.6. The number of non-ortho nitro benzene ring substituents is 1. The van der Waals surface area contributed by atoms with Crippen LogP contribution in [0.15, 0.2) is 47.5 Å². The summed E-state index contributed by atoms with van der Waals surface area (Å²) in [5.74, 6) is 0. The summed E-state index contributed by atoms with van der Waals surface area (Å²) in [5.41, 5.74) is 2.46. The molecule has 118 valence electrons. The highest BCUT2D eigenvalue weighted by atomic mass is 35.5. The van der Waals surface area contributed by atoms with Crippen LogP contribution in [0.25, 0.3) is 0 Å². The normalized spacial score (nSPS) is 20.4. The van der Waals surface area contributed by atoms with Crippen LogP contribution >= 0.6 is 11.6 Å². The smallest absolute Gasteiger partial charge is 0.270 e. The molecule has 1 aliphatic rings. The molecule has 6 nitrogen and oxygen atoms in total. The molecule has 2 atom stereocenters. The number of hydrogen-bond donors (Lipinski definition) is 1. The van der Waals surface area contributed by atoms with E-state index in [-0.39, 0.29) is 17.3 Å². The van der Waals surface area contributed by atoms with Crippen LogP contribution in [-0.2, 0) is 6.54 Å². The number of fused-ring (bicyclic) bond motifs is 1. The van der Waals surface area contributed by atoms with Crippen LogP contribution in [0, 0.1) is 15.3 Å². The van der Waals surface area contributed by atoms with E-state index >= 15 is 0 Å². The van der Waals surface area contributed by atoms with E-state index in [1.165, 1.54) is 12.1 Å². The molecule has 0 radical (unpaired) electrons. The lowest BCUT2D eigenvalue weighted by Gasteiger charge is -2.24. The van der Waals surface area contributed by atoms with E-state index in [0.717, 1.165) is 5.56 Å². The summed E-state index contributed by atoms with van der Waals surface area (Å²) >= 11 is 6.26. The molecule has 0 spiro atoms. The van der Waals surface area contributed by atoms with Crippen molar-refractivity contribution >= 4 is 23.0 Å². The second-order valence-corrected chi connectivity index (χ2v) is 5.78. The third kappa shape index (κ3) is 2.96. The average Bonchev–Trinajstić information content (AvgIpc) is 2.64. The Balaban J connectivity index is 2.25. The zero-order valence-corrected chi connectivity index (χ0v) is 13.1. The SMILES string of the molecule is CC1N=C(c2ccccc2Cl)c2cc([N+](=O)[O-])ccc2C[NH+]1[O-]. The third-order valence-corrected chi connectivity index (χ3v) is 4.17. The van der Waals surface area contributed by atoms with E-state index in [0.29, 0.717) is 21.9 Å². The van der Waals surface area contributed by atoms with E-state index in [1.54, 1.807) is 31.2 Å². The van der Waals surface area contributed by atoms with Crippen molar-refractivity contribution in [2.75, 3.05) is 0 Å². The summed E-state index contributed by atoms with van der Waals surface area (Å²) in [4.78, 5) is 15.1. The molecule has 2 aromatic carbocycles. The van der Waals surface area contributed by atoms with Gasteiger partial charge in [0.25, 0.3) is 5.69 Å². The van der Waals surface area contributed by atoms with Gasteiger partial charge in [0.1, 0.15) is 6.54 Å². The number of quaternary nitrogens is 1. The molecule has 0 amide bonds. The monoisotopic (exact) mass is 331 g/mol. The molecule has 0 aliphatic carbocycles. The summed E-state index contributed by atoms with van der Waals surface area (Å²) in [5, 5.41) is 23.7. The Bertz CT molecular complexity index is 807. The first-order valence-electron chi connectivity index (χ1n) is 7.10. The first-order chi connectivity index (χ1) is 11.0. The number of halogens is 1. The lowest BCUT2D eigenvalue weighted by atomic mass is 9.97. The van der Waals surface area contributed by atoms with Crippen LogP contribution in [0.5, 0.6) is 0 Å². The van der Waals surface area contributed by atoms with Gasteiger partial charge in [-0.05, 0) is 12.1 Å². The van der Waals surface area contributed by atoms with E-state index in [4.69, 9.17) is 11.6 Å². The molecule has 2 unspecified atom stereocenters. The Kier molecular flexibility index (Phi) is 4.12. The van der Waals surface area contributed by atoms with Crippen molar-refractivity contribution in [1.82, 2.24) is 0 Å².